The maximum Gasteiger partial charge on any atom is 0.301 e. The minimum absolute atomic E-state index is 0.0739. The predicted molar refractivity (Wildman–Crippen MR) is 176 cm³/mol. The summed E-state index contributed by atoms with van der Waals surface area (Å²) in [6, 6.07) is 20.8. The number of carbonyl (C=O) groups is 2. The molecule has 1 aromatic heterocycles. The number of ether oxygens (including phenoxy) is 3. The summed E-state index contributed by atoms with van der Waals surface area (Å²) in [6.07, 6.45) is 3.54. The molecule has 4 aromatic rings. The van der Waals surface area contributed by atoms with Gasteiger partial charge in [0, 0.05) is 11.3 Å². The minimum Gasteiger partial charge on any atom is -0.507 e. The number of amides is 1. The van der Waals surface area contributed by atoms with Gasteiger partial charge in [-0.25, -0.2) is 0 Å². The first-order chi connectivity index (χ1) is 21.9. The van der Waals surface area contributed by atoms with Gasteiger partial charge in [0.2, 0.25) is 5.13 Å². The van der Waals surface area contributed by atoms with Gasteiger partial charge < -0.3 is 19.3 Å². The van der Waals surface area contributed by atoms with Crippen molar-refractivity contribution in [2.75, 3.05) is 25.2 Å². The highest BCUT2D eigenvalue weighted by molar-refractivity contribution is 8.00. The zero-order valence-electron chi connectivity index (χ0n) is 25.0. The maximum absolute atomic E-state index is 13.7. The lowest BCUT2D eigenvalue weighted by Gasteiger charge is -2.23. The molecule has 0 aliphatic carbocycles. The molecule has 1 fully saturated rings. The Kier molecular flexibility index (Phi) is 10.5. The molecule has 5 rings (SSSR count). The standard InChI is InChI=1S/C34H33N3O6S2/c1-4-6-19-42-25-15-12-23(13-16-25)30(38)28-29(24-14-17-26(43-18-5-2)27(20-24)41-3)37(32(40)31(28)39)33-35-36-34(45-33)44-21-22-10-8-7-9-11-22/h5,7-17,20,29,38H,2,4,6,18-19,21H2,1,3H3/b30-28-. The summed E-state index contributed by atoms with van der Waals surface area (Å²) in [5.74, 6) is 0.209. The number of aliphatic hydroxyl groups excluding tert-OH is 1. The number of ketones is 1. The van der Waals surface area contributed by atoms with E-state index in [2.05, 4.69) is 23.7 Å². The van der Waals surface area contributed by atoms with Gasteiger partial charge in [-0.05, 0) is 53.9 Å². The average Bonchev–Trinajstić information content (AvgIpc) is 3.64. The molecular formula is C34H33N3O6S2. The number of rotatable bonds is 14. The SMILES string of the molecule is C=CCOc1ccc(C2/C(=C(/O)c3ccc(OCCCC)cc3)C(=O)C(=O)N2c2nnc(SCc3ccccc3)s2)cc1OC. The van der Waals surface area contributed by atoms with Crippen LogP contribution in [0.1, 0.15) is 42.5 Å². The zero-order chi connectivity index (χ0) is 31.8. The summed E-state index contributed by atoms with van der Waals surface area (Å²) < 4.78 is 17.7. The van der Waals surface area contributed by atoms with Gasteiger partial charge in [-0.2, -0.15) is 0 Å². The Labute approximate surface area is 270 Å². The number of anilines is 1. The summed E-state index contributed by atoms with van der Waals surface area (Å²) in [6.45, 7) is 6.61. The first-order valence-electron chi connectivity index (χ1n) is 14.4. The molecule has 1 aliphatic rings. The molecule has 1 amide bonds. The topological polar surface area (TPSA) is 111 Å². The van der Waals surface area contributed by atoms with E-state index in [9.17, 15) is 14.7 Å². The van der Waals surface area contributed by atoms with Crippen molar-refractivity contribution in [2.24, 2.45) is 0 Å². The van der Waals surface area contributed by atoms with Gasteiger partial charge in [-0.1, -0.05) is 85.5 Å². The second-order valence-electron chi connectivity index (χ2n) is 10.0. The van der Waals surface area contributed by atoms with E-state index in [0.29, 0.717) is 45.1 Å². The Balaban J connectivity index is 1.54. The van der Waals surface area contributed by atoms with Crippen molar-refractivity contribution in [1.29, 1.82) is 0 Å². The first-order valence-corrected chi connectivity index (χ1v) is 16.2. The lowest BCUT2D eigenvalue weighted by atomic mass is 9.95. The van der Waals surface area contributed by atoms with Gasteiger partial charge in [0.1, 0.15) is 18.1 Å². The number of thioether (sulfide) groups is 1. The van der Waals surface area contributed by atoms with Gasteiger partial charge in [0.05, 0.1) is 25.3 Å². The average molecular weight is 644 g/mol. The molecule has 0 saturated carbocycles. The van der Waals surface area contributed by atoms with Crippen LogP contribution in [-0.4, -0.2) is 47.3 Å². The number of methoxy groups -OCH3 is 1. The van der Waals surface area contributed by atoms with Crippen LogP contribution in [0.15, 0.2) is 95.4 Å². The number of benzene rings is 3. The molecule has 0 radical (unpaired) electrons. The van der Waals surface area contributed by atoms with E-state index in [4.69, 9.17) is 14.2 Å². The molecule has 1 atom stereocenters. The monoisotopic (exact) mass is 643 g/mol. The number of hydrogen-bond donors (Lipinski definition) is 1. The van der Waals surface area contributed by atoms with E-state index in [1.54, 1.807) is 48.5 Å². The molecule has 232 valence electrons. The van der Waals surface area contributed by atoms with Crippen LogP contribution in [0.4, 0.5) is 5.13 Å². The Morgan fingerprint density at radius 1 is 1.04 bits per heavy atom. The van der Waals surface area contributed by atoms with Gasteiger partial charge in [0.25, 0.3) is 5.78 Å². The van der Waals surface area contributed by atoms with Gasteiger partial charge in [0.15, 0.2) is 15.8 Å². The van der Waals surface area contributed by atoms with Gasteiger partial charge >= 0.3 is 5.91 Å². The third kappa shape index (κ3) is 7.21. The molecule has 9 nitrogen and oxygen atoms in total. The third-order valence-electron chi connectivity index (χ3n) is 7.01. The molecule has 11 heteroatoms. The highest BCUT2D eigenvalue weighted by atomic mass is 32.2. The Bertz CT molecular complexity index is 1690. The fourth-order valence-corrected chi connectivity index (χ4v) is 6.57. The van der Waals surface area contributed by atoms with Crippen molar-refractivity contribution in [3.05, 3.63) is 108 Å². The van der Waals surface area contributed by atoms with Gasteiger partial charge in [-0.3, -0.25) is 14.5 Å². The van der Waals surface area contributed by atoms with Crippen molar-refractivity contribution in [2.45, 2.75) is 35.9 Å². The molecular weight excluding hydrogens is 611 g/mol. The lowest BCUT2D eigenvalue weighted by molar-refractivity contribution is -0.132. The normalized spacial score (nSPS) is 15.7. The van der Waals surface area contributed by atoms with Crippen LogP contribution in [-0.2, 0) is 15.3 Å². The van der Waals surface area contributed by atoms with Crippen molar-refractivity contribution < 1.29 is 28.9 Å². The number of carbonyl (C=O) groups excluding carboxylic acids is 2. The fourth-order valence-electron chi connectivity index (χ4n) is 4.74. The molecule has 1 saturated heterocycles. The summed E-state index contributed by atoms with van der Waals surface area (Å²) in [5.41, 5.74) is 1.93. The predicted octanol–water partition coefficient (Wildman–Crippen LogP) is 7.21. The van der Waals surface area contributed by atoms with Crippen LogP contribution in [0.25, 0.3) is 5.76 Å². The zero-order valence-corrected chi connectivity index (χ0v) is 26.6. The van der Waals surface area contributed by atoms with Crippen LogP contribution < -0.4 is 19.1 Å². The van der Waals surface area contributed by atoms with Crippen LogP contribution in [0, 0.1) is 0 Å². The van der Waals surface area contributed by atoms with E-state index in [1.807, 2.05) is 30.3 Å². The van der Waals surface area contributed by atoms with Crippen LogP contribution in [0.3, 0.4) is 0 Å². The molecule has 0 bridgehead atoms. The van der Waals surface area contributed by atoms with E-state index in [-0.39, 0.29) is 23.1 Å². The first kappa shape index (κ1) is 31.8. The third-order valence-corrected chi connectivity index (χ3v) is 9.13. The molecule has 1 N–H and O–H groups in total. The van der Waals surface area contributed by atoms with E-state index in [0.717, 1.165) is 18.4 Å². The second-order valence-corrected chi connectivity index (χ2v) is 12.2. The summed E-state index contributed by atoms with van der Waals surface area (Å²) >= 11 is 2.69. The molecule has 1 aliphatic heterocycles. The number of aromatic nitrogens is 2. The van der Waals surface area contributed by atoms with Crippen LogP contribution >= 0.6 is 23.1 Å². The lowest BCUT2D eigenvalue weighted by Crippen LogP contribution is -2.29. The quantitative estimate of drug-likeness (QED) is 0.0290. The van der Waals surface area contributed by atoms with E-state index in [1.165, 1.54) is 35.1 Å². The Morgan fingerprint density at radius 3 is 2.53 bits per heavy atom. The number of aliphatic hydroxyl groups is 1. The van der Waals surface area contributed by atoms with Crippen molar-refractivity contribution in [3.8, 4) is 17.2 Å². The summed E-state index contributed by atoms with van der Waals surface area (Å²) in [4.78, 5) is 28.6. The number of hydrogen-bond acceptors (Lipinski definition) is 10. The van der Waals surface area contributed by atoms with E-state index >= 15 is 0 Å². The second kappa shape index (κ2) is 14.9. The maximum atomic E-state index is 13.7. The van der Waals surface area contributed by atoms with Gasteiger partial charge in [-0.15, -0.1) is 10.2 Å². The van der Waals surface area contributed by atoms with E-state index < -0.39 is 17.7 Å². The van der Waals surface area contributed by atoms with Crippen LogP contribution in [0.2, 0.25) is 0 Å². The number of nitrogens with zero attached hydrogens (tertiary/aromatic N) is 3. The minimum atomic E-state index is -1.01. The molecule has 3 aromatic carbocycles. The fraction of sp³-hybridized carbons (Fsp3) is 0.235. The molecule has 45 heavy (non-hydrogen) atoms. The summed E-state index contributed by atoms with van der Waals surface area (Å²) in [5, 5.41) is 20.4. The molecule has 0 spiro atoms. The highest BCUT2D eigenvalue weighted by Gasteiger charge is 2.48. The largest absolute Gasteiger partial charge is 0.507 e. The molecule has 2 heterocycles. The molecule has 1 unspecified atom stereocenters. The highest BCUT2D eigenvalue weighted by Crippen LogP contribution is 2.45. The smallest absolute Gasteiger partial charge is 0.301 e. The van der Waals surface area contributed by atoms with Crippen molar-refractivity contribution in [1.82, 2.24) is 10.2 Å². The summed E-state index contributed by atoms with van der Waals surface area (Å²) in [7, 11) is 1.50. The van der Waals surface area contributed by atoms with Crippen LogP contribution in [0.5, 0.6) is 17.2 Å². The Hall–Kier alpha value is -4.61. The number of unbranched alkanes of at least 4 members (excludes halogenated alkanes) is 1. The number of Topliss-reactive ketones (excluding diaryl/α,β-unsaturated/α-hetero) is 1. The van der Waals surface area contributed by atoms with Crippen molar-refractivity contribution in [3.63, 3.8) is 0 Å². The van der Waals surface area contributed by atoms with Crippen molar-refractivity contribution >= 4 is 45.7 Å². The Morgan fingerprint density at radius 2 is 1.82 bits per heavy atom.